The molecular weight excluding hydrogens is 530 g/mol. The van der Waals surface area contributed by atoms with Crippen LogP contribution in [0.1, 0.15) is 68.7 Å². The van der Waals surface area contributed by atoms with Crippen molar-refractivity contribution in [3.8, 4) is 0 Å². The molecule has 0 saturated carbocycles. The van der Waals surface area contributed by atoms with Gasteiger partial charge >= 0.3 is 0 Å². The van der Waals surface area contributed by atoms with Crippen LogP contribution in [0.15, 0.2) is 60.7 Å². The normalized spacial score (nSPS) is 25.5. The molecule has 9 nitrogen and oxygen atoms in total. The first-order valence-corrected chi connectivity index (χ1v) is 15.3. The van der Waals surface area contributed by atoms with Crippen molar-refractivity contribution in [3.05, 3.63) is 71.8 Å². The summed E-state index contributed by atoms with van der Waals surface area (Å²) in [5.41, 5.74) is 1.79. The Bertz CT molecular complexity index is 1200. The molecule has 0 radical (unpaired) electrons. The first kappa shape index (κ1) is 30.2. The van der Waals surface area contributed by atoms with Crippen molar-refractivity contribution in [3.63, 3.8) is 0 Å². The summed E-state index contributed by atoms with van der Waals surface area (Å²) in [6.07, 6.45) is 7.42. The molecule has 4 fully saturated rings. The zero-order chi connectivity index (χ0) is 30.6. The zero-order valence-corrected chi connectivity index (χ0v) is 24.4. The number of benzene rings is 2. The number of hydrogen-bond donors (Lipinski definition) is 3. The fourth-order valence-electron chi connectivity index (χ4n) is 6.03. The summed E-state index contributed by atoms with van der Waals surface area (Å²) in [7, 11) is 0. The van der Waals surface area contributed by atoms with E-state index in [2.05, 4.69) is 10.6 Å². The maximum Gasteiger partial charge on any atom is 0.240 e. The van der Waals surface area contributed by atoms with Gasteiger partial charge in [-0.3, -0.25) is 20.2 Å². The number of nitrogens with two attached hydrogens (primary N) is 1. The van der Waals surface area contributed by atoms with E-state index in [9.17, 15) is 19.2 Å². The molecule has 2 aromatic rings. The topological polar surface area (TPSA) is 125 Å². The molecule has 2 aromatic carbocycles. The van der Waals surface area contributed by atoms with Crippen molar-refractivity contribution in [1.82, 2.24) is 20.5 Å². The van der Waals surface area contributed by atoms with Gasteiger partial charge in [0.1, 0.15) is 7.63 Å². The molecule has 0 bridgehead atoms. The van der Waals surface area contributed by atoms with Crippen LogP contribution in [0.4, 0.5) is 0 Å². The third kappa shape index (κ3) is 8.88. The van der Waals surface area contributed by atoms with Crippen LogP contribution in [-0.4, -0.2) is 84.0 Å². The Balaban J connectivity index is 0.000000165. The predicted octanol–water partition coefficient (Wildman–Crippen LogP) is 2.69. The minimum Gasteiger partial charge on any atom is -0.331 e. The van der Waals surface area contributed by atoms with Gasteiger partial charge in [0.15, 0.2) is 11.6 Å². The molecule has 4 heterocycles. The lowest BCUT2D eigenvalue weighted by Crippen LogP contribution is -2.48. The molecule has 4 saturated heterocycles. The molecule has 9 heteroatoms. The number of aldehydes is 1. The van der Waals surface area contributed by atoms with Crippen molar-refractivity contribution < 1.29 is 20.5 Å². The van der Waals surface area contributed by atoms with Gasteiger partial charge in [-0.05, 0) is 70.0 Å². The Hall–Kier alpha value is -3.24. The maximum atomic E-state index is 12.5. The molecule has 1 unspecified atom stereocenters. The molecule has 4 N–H and O–H groups in total. The summed E-state index contributed by atoms with van der Waals surface area (Å²) in [5, 5.41) is 7.81. The quantitative estimate of drug-likeness (QED) is 0.261. The largest absolute Gasteiger partial charge is 0.331 e. The minimum atomic E-state index is -0.470. The Morgan fingerprint density at radius 3 is 2.05 bits per heavy atom. The average Bonchev–Trinajstić information content (AvgIpc) is 3.86. The Morgan fingerprint density at radius 2 is 1.48 bits per heavy atom. The van der Waals surface area contributed by atoms with E-state index in [4.69, 9.17) is 7.21 Å². The number of ketones is 2. The molecule has 0 aliphatic carbocycles. The maximum absolute atomic E-state index is 12.5. The molecule has 0 spiro atoms. The first-order chi connectivity index (χ1) is 20.8. The van der Waals surface area contributed by atoms with Crippen molar-refractivity contribution in [1.29, 1.82) is 0 Å². The van der Waals surface area contributed by atoms with Crippen LogP contribution >= 0.6 is 0 Å². The molecule has 4 atom stereocenters. The highest BCUT2D eigenvalue weighted by Gasteiger charge is 2.37. The highest BCUT2D eigenvalue weighted by Crippen LogP contribution is 2.22. The number of rotatable bonds is 7. The van der Waals surface area contributed by atoms with Crippen LogP contribution in [0.25, 0.3) is 0 Å². The van der Waals surface area contributed by atoms with E-state index in [1.54, 1.807) is 5.01 Å². The summed E-state index contributed by atoms with van der Waals surface area (Å²) in [6.45, 7) is 3.35. The number of hydrazine groups is 1. The Kier molecular flexibility index (Phi) is 11.8. The van der Waals surface area contributed by atoms with E-state index in [1.165, 1.54) is 0 Å². The summed E-state index contributed by atoms with van der Waals surface area (Å²) < 4.78 is 6.67. The smallest absolute Gasteiger partial charge is 0.240 e. The summed E-state index contributed by atoms with van der Waals surface area (Å²) in [4.78, 5) is 49.1. The number of nitrogens with zero attached hydrogens (tertiary/aromatic N) is 2. The molecule has 0 aromatic heterocycles. The summed E-state index contributed by atoms with van der Waals surface area (Å²) in [6, 6.07) is 18.6. The lowest BCUT2D eigenvalue weighted by Gasteiger charge is -2.26. The number of amides is 1. The van der Waals surface area contributed by atoms with Crippen molar-refractivity contribution in [2.45, 2.75) is 82.0 Å². The van der Waals surface area contributed by atoms with E-state index in [-0.39, 0.29) is 41.6 Å². The van der Waals surface area contributed by atoms with Crippen LogP contribution in [-0.2, 0) is 20.8 Å². The van der Waals surface area contributed by atoms with Gasteiger partial charge in [-0.1, -0.05) is 60.7 Å². The van der Waals surface area contributed by atoms with Crippen LogP contribution in [0, 0.1) is 0 Å². The summed E-state index contributed by atoms with van der Waals surface area (Å²) in [5.74, 6) is 6.17. The van der Waals surface area contributed by atoms with Gasteiger partial charge in [0, 0.05) is 25.1 Å². The van der Waals surface area contributed by atoms with E-state index >= 15 is 0 Å². The number of likely N-dealkylation sites (tertiary alicyclic amines) is 1. The Morgan fingerprint density at radius 1 is 0.833 bits per heavy atom. The third-order valence-corrected chi connectivity index (χ3v) is 8.34. The van der Waals surface area contributed by atoms with Crippen LogP contribution in [0.2, 0.25) is 0 Å². The highest BCUT2D eigenvalue weighted by molar-refractivity contribution is 6.00. The molecule has 226 valence electrons. The van der Waals surface area contributed by atoms with Gasteiger partial charge in [0.25, 0.3) is 0 Å². The standard InChI is InChI=1S/C17H22N2O2.C11H14N2O.C5H9NO/c20-16(12-13-6-2-1-3-7-13)15-9-5-11-19(15)17(21)14-8-4-10-18-14;12-13-8-4-7-10(13)11(14)9-5-2-1-3-6-9;7-4-5-2-1-3-6-5/h1-3,6-7,14-15,18H,4-5,8-12H2;1-3,5-6,10H,4,7-8,12H2;4-6H,1-3H2/t14-,15?;10-;5-/m000/s1/i;;4D. The lowest BCUT2D eigenvalue weighted by molar-refractivity contribution is -0.138. The van der Waals surface area contributed by atoms with Crippen molar-refractivity contribution in [2.24, 2.45) is 5.84 Å². The van der Waals surface area contributed by atoms with Gasteiger partial charge in [0.05, 0.1) is 24.2 Å². The zero-order valence-electron chi connectivity index (χ0n) is 25.4. The number of Topliss-reactive ketones (excluding diaryl/α,β-unsaturated/α-hetero) is 2. The third-order valence-electron chi connectivity index (χ3n) is 8.34. The number of hydrogen-bond acceptors (Lipinski definition) is 8. The van der Waals surface area contributed by atoms with Gasteiger partial charge in [0.2, 0.25) is 5.91 Å². The molecular formula is C33H45N5O4. The molecule has 4 aliphatic rings. The van der Waals surface area contributed by atoms with E-state index in [0.717, 1.165) is 88.7 Å². The van der Waals surface area contributed by atoms with Crippen LogP contribution < -0.4 is 16.5 Å². The number of carbonyl (C=O) groups excluding carboxylic acids is 4. The first-order valence-electron chi connectivity index (χ1n) is 15.8. The summed E-state index contributed by atoms with van der Waals surface area (Å²) >= 11 is 0. The second kappa shape index (κ2) is 16.4. The van der Waals surface area contributed by atoms with Gasteiger partial charge in [-0.25, -0.2) is 5.01 Å². The minimum absolute atomic E-state index is 0.0740. The Labute approximate surface area is 250 Å². The molecule has 42 heavy (non-hydrogen) atoms. The van der Waals surface area contributed by atoms with Crippen molar-refractivity contribution >= 4 is 23.7 Å². The second-order valence-corrected chi connectivity index (χ2v) is 11.4. The molecule has 6 rings (SSSR count). The lowest BCUT2D eigenvalue weighted by atomic mass is 10.0. The monoisotopic (exact) mass is 576 g/mol. The van der Waals surface area contributed by atoms with Crippen LogP contribution in [0.3, 0.4) is 0 Å². The van der Waals surface area contributed by atoms with Crippen LogP contribution in [0.5, 0.6) is 0 Å². The van der Waals surface area contributed by atoms with E-state index in [1.807, 2.05) is 65.6 Å². The van der Waals surface area contributed by atoms with Gasteiger partial charge < -0.3 is 20.3 Å². The average molecular weight is 577 g/mol. The highest BCUT2D eigenvalue weighted by atomic mass is 16.2. The second-order valence-electron chi connectivity index (χ2n) is 11.4. The fraction of sp³-hybridized carbons (Fsp3) is 0.515. The molecule has 4 aliphatic heterocycles. The van der Waals surface area contributed by atoms with Gasteiger partial charge in [-0.2, -0.15) is 0 Å². The van der Waals surface area contributed by atoms with E-state index < -0.39 is 6.26 Å². The van der Waals surface area contributed by atoms with Crippen molar-refractivity contribution in [2.75, 3.05) is 26.2 Å². The SMILES string of the molecule is NN1CCC[C@H]1C(=O)c1ccccc1.O=C(Cc1ccccc1)C1CCCN1C(=O)[C@@H]1CCCN1.[2H]C(=O)[C@@H]1CCCN1. The number of nitrogens with one attached hydrogen (secondary N) is 2. The number of carbonyl (C=O) groups is 4. The van der Waals surface area contributed by atoms with E-state index in [0.29, 0.717) is 6.42 Å². The van der Waals surface area contributed by atoms with Gasteiger partial charge in [-0.15, -0.1) is 0 Å². The fourth-order valence-corrected chi connectivity index (χ4v) is 6.03. The predicted molar refractivity (Wildman–Crippen MR) is 163 cm³/mol. The molecule has 1 amide bonds.